The van der Waals surface area contributed by atoms with E-state index in [-0.39, 0.29) is 18.2 Å². The molecule has 0 aliphatic heterocycles. The van der Waals surface area contributed by atoms with Crippen molar-refractivity contribution in [3.63, 3.8) is 0 Å². The van der Waals surface area contributed by atoms with E-state index in [0.717, 1.165) is 9.35 Å². The van der Waals surface area contributed by atoms with Gasteiger partial charge in [0.2, 0.25) is 11.7 Å². The number of benzene rings is 1. The van der Waals surface area contributed by atoms with Crippen LogP contribution < -0.4 is 10.6 Å². The van der Waals surface area contributed by atoms with E-state index in [0.29, 0.717) is 17.0 Å². The highest BCUT2D eigenvalue weighted by atomic mass is 79.9. The standard InChI is InChI=1S/C19H19BrN2O5S/c1-11(18(25)16-7-6-15(28-16)9-21-12(2)23)27-17(24)10-22-19(26)13-4-3-5-14(20)8-13/h3-8,11H,9-10H2,1-2H3,(H,21,23)(H,22,26). The van der Waals surface area contributed by atoms with E-state index in [1.807, 2.05) is 0 Å². The van der Waals surface area contributed by atoms with Crippen molar-refractivity contribution in [1.29, 1.82) is 0 Å². The topological polar surface area (TPSA) is 102 Å². The van der Waals surface area contributed by atoms with Crippen LogP contribution in [-0.4, -0.2) is 36.2 Å². The molecule has 0 bridgehead atoms. The molecule has 28 heavy (non-hydrogen) atoms. The minimum Gasteiger partial charge on any atom is -0.453 e. The summed E-state index contributed by atoms with van der Waals surface area (Å²) in [5.74, 6) is -1.63. The van der Waals surface area contributed by atoms with E-state index >= 15 is 0 Å². The Balaban J connectivity index is 1.83. The largest absolute Gasteiger partial charge is 0.453 e. The van der Waals surface area contributed by atoms with Gasteiger partial charge in [-0.1, -0.05) is 22.0 Å². The number of esters is 1. The number of nitrogens with one attached hydrogen (secondary N) is 2. The van der Waals surface area contributed by atoms with E-state index in [2.05, 4.69) is 26.6 Å². The van der Waals surface area contributed by atoms with Crippen LogP contribution in [0.4, 0.5) is 0 Å². The van der Waals surface area contributed by atoms with E-state index in [1.165, 1.54) is 25.2 Å². The lowest BCUT2D eigenvalue weighted by Crippen LogP contribution is -2.33. The lowest BCUT2D eigenvalue weighted by Gasteiger charge is -2.12. The molecule has 1 unspecified atom stereocenters. The number of thiophene rings is 1. The first-order valence-electron chi connectivity index (χ1n) is 8.37. The summed E-state index contributed by atoms with van der Waals surface area (Å²) >= 11 is 4.50. The van der Waals surface area contributed by atoms with Gasteiger partial charge >= 0.3 is 5.97 Å². The molecular formula is C19H19BrN2O5S. The van der Waals surface area contributed by atoms with Gasteiger partial charge in [-0.15, -0.1) is 11.3 Å². The van der Waals surface area contributed by atoms with Crippen LogP contribution in [-0.2, 0) is 20.9 Å². The average Bonchev–Trinajstić information content (AvgIpc) is 3.12. The van der Waals surface area contributed by atoms with Gasteiger partial charge in [0.1, 0.15) is 6.54 Å². The van der Waals surface area contributed by atoms with Crippen molar-refractivity contribution in [2.24, 2.45) is 0 Å². The van der Waals surface area contributed by atoms with Crippen LogP contribution in [0.25, 0.3) is 0 Å². The molecule has 2 aromatic rings. The number of hydrogen-bond donors (Lipinski definition) is 2. The number of amides is 2. The summed E-state index contributed by atoms with van der Waals surface area (Å²) in [6.45, 7) is 2.88. The Morgan fingerprint density at radius 2 is 1.89 bits per heavy atom. The highest BCUT2D eigenvalue weighted by Crippen LogP contribution is 2.19. The molecule has 2 N–H and O–H groups in total. The van der Waals surface area contributed by atoms with E-state index in [4.69, 9.17) is 4.74 Å². The van der Waals surface area contributed by atoms with Gasteiger partial charge in [-0.2, -0.15) is 0 Å². The van der Waals surface area contributed by atoms with Crippen molar-refractivity contribution in [3.05, 3.63) is 56.2 Å². The van der Waals surface area contributed by atoms with Gasteiger partial charge in [-0.05, 0) is 37.3 Å². The summed E-state index contributed by atoms with van der Waals surface area (Å²) in [7, 11) is 0. The third-order valence-electron chi connectivity index (χ3n) is 3.57. The van der Waals surface area contributed by atoms with Gasteiger partial charge in [-0.25, -0.2) is 0 Å². The fraction of sp³-hybridized carbons (Fsp3) is 0.263. The number of hydrogen-bond acceptors (Lipinski definition) is 6. The van der Waals surface area contributed by atoms with Crippen molar-refractivity contribution in [1.82, 2.24) is 10.6 Å². The number of ether oxygens (including phenoxy) is 1. The third kappa shape index (κ3) is 6.58. The maximum absolute atomic E-state index is 12.4. The van der Waals surface area contributed by atoms with Crippen molar-refractivity contribution >= 4 is 50.8 Å². The van der Waals surface area contributed by atoms with Crippen LogP contribution in [0.2, 0.25) is 0 Å². The molecule has 0 saturated carbocycles. The maximum Gasteiger partial charge on any atom is 0.326 e. The summed E-state index contributed by atoms with van der Waals surface area (Å²) in [5.41, 5.74) is 0.400. The Labute approximate surface area is 174 Å². The smallest absolute Gasteiger partial charge is 0.326 e. The Hall–Kier alpha value is -2.52. The predicted octanol–water partition coefficient (Wildman–Crippen LogP) is 2.69. The highest BCUT2D eigenvalue weighted by Gasteiger charge is 2.21. The van der Waals surface area contributed by atoms with E-state index < -0.39 is 18.0 Å². The average molecular weight is 467 g/mol. The fourth-order valence-corrected chi connectivity index (χ4v) is 3.56. The van der Waals surface area contributed by atoms with Crippen LogP contribution in [0.1, 0.15) is 38.8 Å². The molecule has 0 spiro atoms. The van der Waals surface area contributed by atoms with Crippen molar-refractivity contribution in [3.8, 4) is 0 Å². The highest BCUT2D eigenvalue weighted by molar-refractivity contribution is 9.10. The molecule has 1 aromatic heterocycles. The summed E-state index contributed by atoms with van der Waals surface area (Å²) in [4.78, 5) is 48.5. The van der Waals surface area contributed by atoms with Crippen molar-refractivity contribution in [2.45, 2.75) is 26.5 Å². The molecule has 148 valence electrons. The Morgan fingerprint density at radius 1 is 1.14 bits per heavy atom. The lowest BCUT2D eigenvalue weighted by atomic mass is 10.2. The van der Waals surface area contributed by atoms with Crippen LogP contribution in [0.5, 0.6) is 0 Å². The molecule has 0 fully saturated rings. The summed E-state index contributed by atoms with van der Waals surface area (Å²) in [6, 6.07) is 10.1. The zero-order valence-corrected chi connectivity index (χ0v) is 17.7. The van der Waals surface area contributed by atoms with Crippen molar-refractivity contribution < 1.29 is 23.9 Å². The normalized spacial score (nSPS) is 11.4. The number of carbonyl (C=O) groups is 4. The van der Waals surface area contributed by atoms with Crippen LogP contribution in [0.15, 0.2) is 40.9 Å². The predicted molar refractivity (Wildman–Crippen MR) is 108 cm³/mol. The molecule has 1 atom stereocenters. The molecule has 0 aliphatic carbocycles. The van der Waals surface area contributed by atoms with Gasteiger partial charge < -0.3 is 15.4 Å². The second kappa shape index (κ2) is 10.1. The second-order valence-corrected chi connectivity index (χ2v) is 7.95. The molecule has 1 aromatic carbocycles. The van der Waals surface area contributed by atoms with Gasteiger partial charge in [0.25, 0.3) is 5.91 Å². The zero-order chi connectivity index (χ0) is 20.7. The quantitative estimate of drug-likeness (QED) is 0.459. The molecule has 1 heterocycles. The first kappa shape index (κ1) is 21.8. The second-order valence-electron chi connectivity index (χ2n) is 5.87. The Morgan fingerprint density at radius 3 is 2.57 bits per heavy atom. The van der Waals surface area contributed by atoms with Crippen LogP contribution >= 0.6 is 27.3 Å². The van der Waals surface area contributed by atoms with E-state index in [9.17, 15) is 19.2 Å². The fourth-order valence-electron chi connectivity index (χ4n) is 2.19. The van der Waals surface area contributed by atoms with Crippen LogP contribution in [0, 0.1) is 0 Å². The summed E-state index contributed by atoms with van der Waals surface area (Å²) in [6.07, 6.45) is -0.984. The number of ketones is 1. The summed E-state index contributed by atoms with van der Waals surface area (Å²) < 4.78 is 5.85. The summed E-state index contributed by atoms with van der Waals surface area (Å²) in [5, 5.41) is 5.11. The third-order valence-corrected chi connectivity index (χ3v) is 5.17. The SMILES string of the molecule is CC(=O)NCc1ccc(C(=O)C(C)OC(=O)CNC(=O)c2cccc(Br)c2)s1. The Bertz CT molecular complexity index is 896. The lowest BCUT2D eigenvalue weighted by molar-refractivity contribution is -0.145. The molecule has 2 rings (SSSR count). The first-order valence-corrected chi connectivity index (χ1v) is 9.98. The molecule has 2 amide bonds. The molecule has 0 saturated heterocycles. The molecule has 9 heteroatoms. The molecule has 0 radical (unpaired) electrons. The van der Waals surface area contributed by atoms with Gasteiger partial charge in [-0.3, -0.25) is 19.2 Å². The van der Waals surface area contributed by atoms with Crippen LogP contribution in [0.3, 0.4) is 0 Å². The van der Waals surface area contributed by atoms with Gasteiger partial charge in [0, 0.05) is 21.8 Å². The number of rotatable bonds is 8. The van der Waals surface area contributed by atoms with Gasteiger partial charge in [0.05, 0.1) is 11.4 Å². The monoisotopic (exact) mass is 466 g/mol. The first-order chi connectivity index (χ1) is 13.3. The van der Waals surface area contributed by atoms with Gasteiger partial charge in [0.15, 0.2) is 6.10 Å². The minimum absolute atomic E-state index is 0.159. The molecule has 0 aliphatic rings. The number of carbonyl (C=O) groups excluding carboxylic acids is 4. The molecular weight excluding hydrogens is 448 g/mol. The Kier molecular flexibility index (Phi) is 7.89. The minimum atomic E-state index is -0.984. The van der Waals surface area contributed by atoms with Crippen molar-refractivity contribution in [2.75, 3.05) is 6.54 Å². The molecule has 7 nitrogen and oxygen atoms in total. The zero-order valence-electron chi connectivity index (χ0n) is 15.3. The van der Waals surface area contributed by atoms with E-state index in [1.54, 1.807) is 36.4 Å². The maximum atomic E-state index is 12.4. The number of halogens is 1. The number of Topliss-reactive ketones (excluding diaryl/α,β-unsaturated/α-hetero) is 1.